The number of piperidine rings is 1. The zero-order valence-electron chi connectivity index (χ0n) is 19.8. The third-order valence-corrected chi connectivity index (χ3v) is 6.43. The molecule has 7 heteroatoms. The van der Waals surface area contributed by atoms with Crippen LogP contribution >= 0.6 is 24.0 Å². The topological polar surface area (TPSA) is 52.1 Å². The number of halogens is 1. The predicted molar refractivity (Wildman–Crippen MR) is 141 cm³/mol. The Hall–Kier alpha value is -1.06. The Kier molecular flexibility index (Phi) is 11.4. The Labute approximate surface area is 206 Å². The molecule has 0 spiro atoms. The van der Waals surface area contributed by atoms with Crippen LogP contribution in [0.1, 0.15) is 58.1 Å². The first kappa shape index (κ1) is 26.2. The zero-order valence-corrected chi connectivity index (χ0v) is 22.1. The molecular formula is C24H42IN5O. The molecule has 2 heterocycles. The number of aliphatic imine (C=N–C) groups is 1. The normalized spacial score (nSPS) is 19.8. The molecule has 176 valence electrons. The first-order valence-corrected chi connectivity index (χ1v) is 11.8. The Balaban J connectivity index is 0.00000341. The molecule has 1 atom stereocenters. The fraction of sp³-hybridized carbons (Fsp3) is 0.708. The van der Waals surface area contributed by atoms with Crippen molar-refractivity contribution in [1.29, 1.82) is 0 Å². The Bertz CT molecular complexity index is 670. The van der Waals surface area contributed by atoms with Gasteiger partial charge in [-0.15, -0.1) is 24.0 Å². The number of hydrogen-bond acceptors (Lipinski definition) is 4. The molecule has 2 saturated heterocycles. The molecular weight excluding hydrogens is 501 g/mol. The van der Waals surface area contributed by atoms with Gasteiger partial charge in [-0.2, -0.15) is 0 Å². The Morgan fingerprint density at radius 2 is 1.84 bits per heavy atom. The van der Waals surface area contributed by atoms with Crippen LogP contribution < -0.4 is 15.4 Å². The van der Waals surface area contributed by atoms with E-state index in [1.807, 2.05) is 6.07 Å². The highest BCUT2D eigenvalue weighted by Gasteiger charge is 2.25. The quantitative estimate of drug-likeness (QED) is 0.296. The molecule has 3 rings (SSSR count). The van der Waals surface area contributed by atoms with E-state index in [2.05, 4.69) is 59.4 Å². The van der Waals surface area contributed by atoms with Crippen LogP contribution in [-0.2, 0) is 0 Å². The van der Waals surface area contributed by atoms with E-state index in [-0.39, 0.29) is 24.0 Å². The maximum Gasteiger partial charge on any atom is 0.191 e. The fourth-order valence-corrected chi connectivity index (χ4v) is 4.59. The highest BCUT2D eigenvalue weighted by atomic mass is 127. The van der Waals surface area contributed by atoms with E-state index in [9.17, 15) is 0 Å². The number of ether oxygens (including phenoxy) is 1. The van der Waals surface area contributed by atoms with Crippen molar-refractivity contribution in [3.63, 3.8) is 0 Å². The van der Waals surface area contributed by atoms with E-state index in [4.69, 9.17) is 9.73 Å². The number of guanidine groups is 1. The van der Waals surface area contributed by atoms with Crippen LogP contribution in [0.4, 0.5) is 0 Å². The predicted octanol–water partition coefficient (Wildman–Crippen LogP) is 3.88. The van der Waals surface area contributed by atoms with Gasteiger partial charge in [0.05, 0.1) is 19.7 Å². The monoisotopic (exact) mass is 543 g/mol. The fourth-order valence-electron chi connectivity index (χ4n) is 4.59. The van der Waals surface area contributed by atoms with Crippen LogP contribution in [-0.4, -0.2) is 74.2 Å². The average molecular weight is 544 g/mol. The second kappa shape index (κ2) is 13.5. The minimum atomic E-state index is 0. The van der Waals surface area contributed by atoms with Crippen molar-refractivity contribution in [3.8, 4) is 5.75 Å². The minimum absolute atomic E-state index is 0. The van der Waals surface area contributed by atoms with Crippen LogP contribution in [0.2, 0.25) is 0 Å². The van der Waals surface area contributed by atoms with E-state index in [0.717, 1.165) is 51.0 Å². The zero-order chi connectivity index (χ0) is 21.3. The van der Waals surface area contributed by atoms with Crippen LogP contribution in [0.15, 0.2) is 29.3 Å². The molecule has 6 nitrogen and oxygen atoms in total. The molecule has 1 aromatic rings. The summed E-state index contributed by atoms with van der Waals surface area (Å²) >= 11 is 0. The lowest BCUT2D eigenvalue weighted by atomic mass is 10.0. The summed E-state index contributed by atoms with van der Waals surface area (Å²) in [6.45, 7) is 13.0. The lowest BCUT2D eigenvalue weighted by Gasteiger charge is -2.35. The van der Waals surface area contributed by atoms with Gasteiger partial charge in [-0.1, -0.05) is 12.1 Å². The molecule has 1 unspecified atom stereocenters. The summed E-state index contributed by atoms with van der Waals surface area (Å²) in [6, 6.07) is 9.91. The first-order chi connectivity index (χ1) is 14.6. The van der Waals surface area contributed by atoms with Crippen molar-refractivity contribution in [2.75, 3.05) is 46.4 Å². The summed E-state index contributed by atoms with van der Waals surface area (Å²) in [5, 5.41) is 7.17. The van der Waals surface area contributed by atoms with Crippen LogP contribution in [0.5, 0.6) is 5.75 Å². The van der Waals surface area contributed by atoms with E-state index in [1.54, 1.807) is 7.11 Å². The number of benzene rings is 1. The standard InChI is InChI=1S/C24H41N5O.HI/c1-5-25-24(27-21-11-15-28(16-12-21)19(2)3)26-18-23(29-13-6-7-14-29)20-9-8-10-22(17-20)30-4;/h8-10,17,19,21,23H,5-7,11-16,18H2,1-4H3,(H2,25,26,27);1H. The molecule has 0 aliphatic carbocycles. The average Bonchev–Trinajstić information content (AvgIpc) is 3.29. The summed E-state index contributed by atoms with van der Waals surface area (Å²) in [7, 11) is 1.74. The minimum Gasteiger partial charge on any atom is -0.497 e. The first-order valence-electron chi connectivity index (χ1n) is 11.8. The van der Waals surface area contributed by atoms with E-state index in [0.29, 0.717) is 18.1 Å². The van der Waals surface area contributed by atoms with Crippen LogP contribution in [0.3, 0.4) is 0 Å². The molecule has 0 radical (unpaired) electrons. The van der Waals surface area contributed by atoms with Gasteiger partial charge in [-0.3, -0.25) is 9.89 Å². The summed E-state index contributed by atoms with van der Waals surface area (Å²) in [5.41, 5.74) is 1.29. The molecule has 2 fully saturated rings. The van der Waals surface area contributed by atoms with Gasteiger partial charge >= 0.3 is 0 Å². The second-order valence-corrected chi connectivity index (χ2v) is 8.80. The molecule has 0 saturated carbocycles. The van der Waals surface area contributed by atoms with Crippen molar-refractivity contribution in [1.82, 2.24) is 20.4 Å². The third kappa shape index (κ3) is 7.79. The number of nitrogens with zero attached hydrogens (tertiary/aromatic N) is 3. The highest BCUT2D eigenvalue weighted by Crippen LogP contribution is 2.28. The molecule has 0 bridgehead atoms. The molecule has 1 aromatic carbocycles. The van der Waals surface area contributed by atoms with Crippen molar-refractivity contribution < 1.29 is 4.74 Å². The van der Waals surface area contributed by atoms with Crippen molar-refractivity contribution in [2.24, 2.45) is 4.99 Å². The third-order valence-electron chi connectivity index (χ3n) is 6.43. The van der Waals surface area contributed by atoms with E-state index in [1.165, 1.54) is 31.2 Å². The molecule has 0 amide bonds. The molecule has 2 N–H and O–H groups in total. The smallest absolute Gasteiger partial charge is 0.191 e. The van der Waals surface area contributed by atoms with Gasteiger partial charge in [0, 0.05) is 31.7 Å². The maximum atomic E-state index is 5.47. The van der Waals surface area contributed by atoms with Crippen molar-refractivity contribution >= 4 is 29.9 Å². The number of nitrogens with one attached hydrogen (secondary N) is 2. The number of methoxy groups -OCH3 is 1. The second-order valence-electron chi connectivity index (χ2n) is 8.80. The molecule has 2 aliphatic heterocycles. The van der Waals surface area contributed by atoms with Gasteiger partial charge in [0.1, 0.15) is 5.75 Å². The summed E-state index contributed by atoms with van der Waals surface area (Å²) < 4.78 is 5.47. The lowest BCUT2D eigenvalue weighted by molar-refractivity contribution is 0.167. The SMILES string of the molecule is CCNC(=NCC(c1cccc(OC)c1)N1CCCC1)NC1CCN(C(C)C)CC1.I. The van der Waals surface area contributed by atoms with Gasteiger partial charge in [-0.25, -0.2) is 0 Å². The largest absolute Gasteiger partial charge is 0.497 e. The van der Waals surface area contributed by atoms with Gasteiger partial charge < -0.3 is 20.3 Å². The maximum absolute atomic E-state index is 5.47. The Morgan fingerprint density at radius 3 is 2.45 bits per heavy atom. The van der Waals surface area contributed by atoms with Crippen LogP contribution in [0.25, 0.3) is 0 Å². The van der Waals surface area contributed by atoms with Gasteiger partial charge in [0.15, 0.2) is 5.96 Å². The Morgan fingerprint density at radius 1 is 1.13 bits per heavy atom. The molecule has 2 aliphatic rings. The van der Waals surface area contributed by atoms with Gasteiger partial charge in [-0.05, 0) is 77.2 Å². The number of rotatable bonds is 8. The summed E-state index contributed by atoms with van der Waals surface area (Å²) in [6.07, 6.45) is 4.90. The molecule has 0 aromatic heterocycles. The van der Waals surface area contributed by atoms with Crippen molar-refractivity contribution in [3.05, 3.63) is 29.8 Å². The van der Waals surface area contributed by atoms with Crippen molar-refractivity contribution in [2.45, 2.75) is 64.6 Å². The van der Waals surface area contributed by atoms with Gasteiger partial charge in [0.2, 0.25) is 0 Å². The van der Waals surface area contributed by atoms with E-state index >= 15 is 0 Å². The highest BCUT2D eigenvalue weighted by molar-refractivity contribution is 14.0. The van der Waals surface area contributed by atoms with Crippen LogP contribution in [0, 0.1) is 0 Å². The van der Waals surface area contributed by atoms with Gasteiger partial charge in [0.25, 0.3) is 0 Å². The number of hydrogen-bond donors (Lipinski definition) is 2. The van der Waals surface area contributed by atoms with E-state index < -0.39 is 0 Å². The summed E-state index contributed by atoms with van der Waals surface area (Å²) in [5.74, 6) is 1.87. The lowest BCUT2D eigenvalue weighted by Crippen LogP contribution is -2.50. The number of likely N-dealkylation sites (tertiary alicyclic amines) is 2. The molecule has 31 heavy (non-hydrogen) atoms. The summed E-state index contributed by atoms with van der Waals surface area (Å²) in [4.78, 5) is 10.2.